The Morgan fingerprint density at radius 1 is 0.692 bits per heavy atom. The van der Waals surface area contributed by atoms with Crippen LogP contribution in [0.25, 0.3) is 53.1 Å². The first kappa shape index (κ1) is 33.3. The molecule has 0 saturated heterocycles. The van der Waals surface area contributed by atoms with E-state index in [-0.39, 0.29) is 17.2 Å². The molecule has 0 unspecified atom stereocenters. The molecule has 0 aliphatic rings. The van der Waals surface area contributed by atoms with Gasteiger partial charge in [0.15, 0.2) is 17.5 Å². The van der Waals surface area contributed by atoms with E-state index >= 15 is 4.39 Å². The van der Waals surface area contributed by atoms with Gasteiger partial charge in [0.25, 0.3) is 11.8 Å². The van der Waals surface area contributed by atoms with Crippen molar-refractivity contribution in [2.75, 3.05) is 10.6 Å². The van der Waals surface area contributed by atoms with E-state index in [4.69, 9.17) is 0 Å². The van der Waals surface area contributed by atoms with Crippen molar-refractivity contribution in [2.45, 2.75) is 0 Å². The minimum Gasteiger partial charge on any atom is -0.319 e. The molecule has 0 aliphatic heterocycles. The molecule has 0 bridgehead atoms. The quantitative estimate of drug-likeness (QED) is 0.150. The summed E-state index contributed by atoms with van der Waals surface area (Å²) >= 11 is 5.17. The highest BCUT2D eigenvalue weighted by molar-refractivity contribution is 7.18. The smallest absolute Gasteiger partial charge is 0.266 e. The molecule has 8 aromatic rings. The molecule has 0 spiro atoms. The molecule has 18 heteroatoms. The normalized spacial score (nSPS) is 11.2. The van der Waals surface area contributed by atoms with Crippen LogP contribution in [0.5, 0.6) is 0 Å². The van der Waals surface area contributed by atoms with Gasteiger partial charge in [0.1, 0.15) is 27.1 Å². The van der Waals surface area contributed by atoms with Crippen LogP contribution in [-0.4, -0.2) is 51.3 Å². The van der Waals surface area contributed by atoms with Crippen LogP contribution in [-0.2, 0) is 14.1 Å². The summed E-state index contributed by atoms with van der Waals surface area (Å²) in [5, 5.41) is 17.5. The van der Waals surface area contributed by atoms with Gasteiger partial charge in [-0.3, -0.25) is 23.9 Å². The Morgan fingerprint density at radius 3 is 2.02 bits per heavy atom. The van der Waals surface area contributed by atoms with Crippen molar-refractivity contribution in [3.8, 4) is 53.1 Å². The number of thiazole rings is 2. The van der Waals surface area contributed by atoms with Crippen molar-refractivity contribution < 1.29 is 18.4 Å². The number of amides is 2. The summed E-state index contributed by atoms with van der Waals surface area (Å²) in [6.45, 7) is 0. The molecule has 258 valence electrons. The van der Waals surface area contributed by atoms with Crippen LogP contribution in [0.4, 0.5) is 20.3 Å². The Bertz CT molecular complexity index is 2600. The number of pyridine rings is 2. The van der Waals surface area contributed by atoms with Gasteiger partial charge in [-0.15, -0.1) is 45.3 Å². The zero-order chi connectivity index (χ0) is 35.9. The SMILES string of the molecule is Cn1nc(-c2nccs2)cc1-c1ccc(C(=O)Nc2ccnc(-c3cnc(-c4cc(-c5ccc(C(=O)Nc6ncccc6F)s5)n(C)n4)s3)c2F)s1. The molecule has 8 rings (SSSR count). The largest absolute Gasteiger partial charge is 0.319 e. The zero-order valence-corrected chi connectivity index (χ0v) is 30.1. The number of aryl methyl sites for hydroxylation is 2. The highest BCUT2D eigenvalue weighted by Gasteiger charge is 2.21. The summed E-state index contributed by atoms with van der Waals surface area (Å²) in [5.41, 5.74) is 2.84. The summed E-state index contributed by atoms with van der Waals surface area (Å²) in [7, 11) is 3.59. The van der Waals surface area contributed by atoms with Crippen molar-refractivity contribution >= 4 is 68.7 Å². The van der Waals surface area contributed by atoms with E-state index in [9.17, 15) is 14.0 Å². The first-order chi connectivity index (χ1) is 25.2. The minimum atomic E-state index is -0.695. The monoisotopic (exact) mass is 768 g/mol. The summed E-state index contributed by atoms with van der Waals surface area (Å²) in [4.78, 5) is 45.7. The average molecular weight is 769 g/mol. The van der Waals surface area contributed by atoms with Crippen molar-refractivity contribution in [1.29, 1.82) is 0 Å². The predicted molar refractivity (Wildman–Crippen MR) is 199 cm³/mol. The van der Waals surface area contributed by atoms with Crippen LogP contribution in [0, 0.1) is 11.6 Å². The highest BCUT2D eigenvalue weighted by Crippen LogP contribution is 2.37. The zero-order valence-electron chi connectivity index (χ0n) is 26.9. The fraction of sp³-hybridized carbons (Fsp3) is 0.0588. The molecule has 0 saturated carbocycles. The van der Waals surface area contributed by atoms with Gasteiger partial charge in [-0.25, -0.2) is 23.7 Å². The third-order valence-corrected chi connectivity index (χ3v) is 11.7. The van der Waals surface area contributed by atoms with Gasteiger partial charge in [-0.1, -0.05) is 0 Å². The molecule has 0 aliphatic carbocycles. The second kappa shape index (κ2) is 13.7. The molecule has 12 nitrogen and oxygen atoms in total. The van der Waals surface area contributed by atoms with E-state index in [1.54, 1.807) is 40.8 Å². The van der Waals surface area contributed by atoms with Gasteiger partial charge in [0.05, 0.1) is 41.5 Å². The summed E-state index contributed by atoms with van der Waals surface area (Å²) in [6, 6.07) is 14.7. The molecule has 0 fully saturated rings. The number of hydrogen-bond acceptors (Lipinski definition) is 12. The number of carbonyl (C=O) groups is 2. The van der Waals surface area contributed by atoms with Gasteiger partial charge in [0, 0.05) is 44.3 Å². The third kappa shape index (κ3) is 6.43. The lowest BCUT2D eigenvalue weighted by Crippen LogP contribution is -2.12. The lowest BCUT2D eigenvalue weighted by atomic mass is 10.2. The highest BCUT2D eigenvalue weighted by atomic mass is 32.1. The summed E-state index contributed by atoms with van der Waals surface area (Å²) < 4.78 is 33.2. The number of anilines is 2. The predicted octanol–water partition coefficient (Wildman–Crippen LogP) is 8.10. The Kier molecular flexibility index (Phi) is 8.79. The van der Waals surface area contributed by atoms with E-state index in [1.165, 1.54) is 82.1 Å². The van der Waals surface area contributed by atoms with Crippen molar-refractivity contribution in [3.63, 3.8) is 0 Å². The molecule has 2 amide bonds. The molecule has 2 N–H and O–H groups in total. The topological polar surface area (TPSA) is 145 Å². The van der Waals surface area contributed by atoms with E-state index in [0.29, 0.717) is 31.0 Å². The first-order valence-electron chi connectivity index (χ1n) is 15.2. The number of aromatic nitrogens is 8. The number of rotatable bonds is 9. The maximum absolute atomic E-state index is 15.8. The fourth-order valence-corrected chi connectivity index (χ4v) is 8.55. The lowest BCUT2D eigenvalue weighted by molar-refractivity contribution is 0.102. The number of nitrogens with one attached hydrogen (secondary N) is 2. The maximum atomic E-state index is 15.8. The van der Waals surface area contributed by atoms with Crippen molar-refractivity contribution in [1.82, 2.24) is 39.5 Å². The Morgan fingerprint density at radius 2 is 1.37 bits per heavy atom. The van der Waals surface area contributed by atoms with Crippen LogP contribution in [0.1, 0.15) is 19.3 Å². The fourth-order valence-electron chi connectivity index (χ4n) is 5.19. The van der Waals surface area contributed by atoms with Crippen LogP contribution >= 0.6 is 45.3 Å². The van der Waals surface area contributed by atoms with E-state index in [2.05, 4.69) is 40.8 Å². The number of nitrogens with zero attached hydrogens (tertiary/aromatic N) is 8. The van der Waals surface area contributed by atoms with Gasteiger partial charge < -0.3 is 10.6 Å². The molecular weight excluding hydrogens is 747 g/mol. The lowest BCUT2D eigenvalue weighted by Gasteiger charge is -2.07. The van der Waals surface area contributed by atoms with Crippen molar-refractivity contribution in [2.24, 2.45) is 14.1 Å². The molecule has 0 aromatic carbocycles. The second-order valence-electron chi connectivity index (χ2n) is 11.0. The van der Waals surface area contributed by atoms with Crippen LogP contribution in [0.3, 0.4) is 0 Å². The summed E-state index contributed by atoms with van der Waals surface area (Å²) in [6.07, 6.45) is 6.05. The van der Waals surface area contributed by atoms with Gasteiger partial charge in [-0.2, -0.15) is 10.2 Å². The number of halogens is 2. The van der Waals surface area contributed by atoms with E-state index < -0.39 is 23.4 Å². The van der Waals surface area contributed by atoms with Gasteiger partial charge in [0.2, 0.25) is 0 Å². The molecule has 52 heavy (non-hydrogen) atoms. The summed E-state index contributed by atoms with van der Waals surface area (Å²) in [5.74, 6) is -2.42. The Balaban J connectivity index is 0.973. The molecule has 8 heterocycles. The first-order valence-corrected chi connectivity index (χ1v) is 18.6. The van der Waals surface area contributed by atoms with Crippen LogP contribution in [0.2, 0.25) is 0 Å². The second-order valence-corrected chi connectivity index (χ2v) is 15.1. The minimum absolute atomic E-state index is 0.0186. The Labute approximate surface area is 309 Å². The molecule has 0 radical (unpaired) electrons. The van der Waals surface area contributed by atoms with E-state index in [1.807, 2.05) is 30.6 Å². The van der Waals surface area contributed by atoms with Gasteiger partial charge >= 0.3 is 0 Å². The number of carbonyl (C=O) groups excluding carboxylic acids is 2. The van der Waals surface area contributed by atoms with Crippen molar-refractivity contribution in [3.05, 3.63) is 106 Å². The standard InChI is InChI=1S/C34H22F2N10O2S4/c1-45-21(14-19(43-45)33-39-12-13-49-33)23-5-7-25(50-23)31(47)41-18-9-11-37-29(28(18)36)27-16-40-34(52-27)20-15-22(46(2)44-20)24-6-8-26(51-24)32(48)42-30-17(35)4-3-10-38-30/h3-16H,1-2H3,(H,37,41,47)(H,38,42,48). The van der Waals surface area contributed by atoms with Crippen LogP contribution in [0.15, 0.2) is 84.8 Å². The van der Waals surface area contributed by atoms with Crippen LogP contribution < -0.4 is 10.6 Å². The van der Waals surface area contributed by atoms with E-state index in [0.717, 1.165) is 26.1 Å². The molecule has 8 aromatic heterocycles. The molecular formula is C34H22F2N10O2S4. The third-order valence-electron chi connectivity index (χ3n) is 7.66. The number of thiophene rings is 2. The molecule has 0 atom stereocenters. The Hall–Kier alpha value is -5.82. The van der Waals surface area contributed by atoms with Gasteiger partial charge in [-0.05, 0) is 54.6 Å². The maximum Gasteiger partial charge on any atom is 0.266 e. The average Bonchev–Trinajstić information content (AvgIpc) is 3.98. The number of hydrogen-bond donors (Lipinski definition) is 2.